The molecule has 1 heterocycles. The molecule has 1 saturated heterocycles. The molecule has 1 aromatic carbocycles. The van der Waals surface area contributed by atoms with Gasteiger partial charge in [0.15, 0.2) is 0 Å². The van der Waals surface area contributed by atoms with E-state index in [0.717, 1.165) is 30.9 Å². The number of piperidine rings is 1. The molecule has 0 saturated carbocycles. The average Bonchev–Trinajstić information content (AvgIpc) is 2.53. The van der Waals surface area contributed by atoms with Gasteiger partial charge in [-0.3, -0.25) is 4.79 Å². The summed E-state index contributed by atoms with van der Waals surface area (Å²) in [5.41, 5.74) is 1.01. The quantitative estimate of drug-likeness (QED) is 0.873. The zero-order chi connectivity index (χ0) is 15.1. The van der Waals surface area contributed by atoms with Crippen LogP contribution in [0.1, 0.15) is 31.7 Å². The molecule has 116 valence electrons. The van der Waals surface area contributed by atoms with Gasteiger partial charge in [0, 0.05) is 19.1 Å². The summed E-state index contributed by atoms with van der Waals surface area (Å²) in [6, 6.07) is 8.20. The van der Waals surface area contributed by atoms with E-state index in [1.54, 1.807) is 7.11 Å². The maximum atomic E-state index is 12.5. The third-order valence-electron chi connectivity index (χ3n) is 4.08. The molecular formula is C17H26N2O2. The Hall–Kier alpha value is -1.55. The number of nitrogens with zero attached hydrogens (tertiary/aromatic N) is 1. The van der Waals surface area contributed by atoms with Crippen LogP contribution in [0.4, 0.5) is 0 Å². The number of amides is 1. The van der Waals surface area contributed by atoms with E-state index >= 15 is 0 Å². The lowest BCUT2D eigenvalue weighted by molar-refractivity contribution is -0.130. The highest BCUT2D eigenvalue weighted by molar-refractivity contribution is 5.78. The smallest absolute Gasteiger partial charge is 0.227 e. The van der Waals surface area contributed by atoms with Gasteiger partial charge in [0.2, 0.25) is 5.91 Å². The summed E-state index contributed by atoms with van der Waals surface area (Å²) in [5, 5.41) is 3.51. The molecule has 1 amide bonds. The van der Waals surface area contributed by atoms with E-state index in [4.69, 9.17) is 4.74 Å². The third-order valence-corrected chi connectivity index (χ3v) is 4.08. The average molecular weight is 290 g/mol. The summed E-state index contributed by atoms with van der Waals surface area (Å²) < 4.78 is 5.21. The monoisotopic (exact) mass is 290 g/mol. The minimum atomic E-state index is 0.193. The molecule has 0 aromatic heterocycles. The molecule has 1 aliphatic rings. The summed E-state index contributed by atoms with van der Waals surface area (Å²) in [4.78, 5) is 14.4. The number of rotatable bonds is 6. The van der Waals surface area contributed by atoms with Gasteiger partial charge in [0.05, 0.1) is 13.5 Å². The molecule has 21 heavy (non-hydrogen) atoms. The number of ether oxygens (including phenoxy) is 1. The Morgan fingerprint density at radius 3 is 2.95 bits per heavy atom. The summed E-state index contributed by atoms with van der Waals surface area (Å²) in [7, 11) is 1.65. The van der Waals surface area contributed by atoms with Crippen LogP contribution in [0.5, 0.6) is 5.75 Å². The van der Waals surface area contributed by atoms with Crippen LogP contribution < -0.4 is 10.1 Å². The number of hydrogen-bond acceptors (Lipinski definition) is 3. The van der Waals surface area contributed by atoms with Gasteiger partial charge in [0.1, 0.15) is 5.75 Å². The van der Waals surface area contributed by atoms with Gasteiger partial charge in [-0.25, -0.2) is 0 Å². The minimum Gasteiger partial charge on any atom is -0.497 e. The van der Waals surface area contributed by atoms with Gasteiger partial charge in [-0.2, -0.15) is 0 Å². The van der Waals surface area contributed by atoms with Crippen molar-refractivity contribution in [2.24, 2.45) is 0 Å². The van der Waals surface area contributed by atoms with Crippen molar-refractivity contribution in [2.45, 2.75) is 38.6 Å². The second-order valence-corrected chi connectivity index (χ2v) is 5.61. The van der Waals surface area contributed by atoms with Gasteiger partial charge >= 0.3 is 0 Å². The highest BCUT2D eigenvalue weighted by Gasteiger charge is 2.19. The molecule has 1 fully saturated rings. The van der Waals surface area contributed by atoms with Crippen LogP contribution in [0.2, 0.25) is 0 Å². The summed E-state index contributed by atoms with van der Waals surface area (Å²) >= 11 is 0. The van der Waals surface area contributed by atoms with Gasteiger partial charge in [-0.05, 0) is 44.0 Å². The molecule has 4 heteroatoms. The van der Waals surface area contributed by atoms with E-state index in [0.29, 0.717) is 12.5 Å². The molecule has 1 unspecified atom stereocenters. The zero-order valence-electron chi connectivity index (χ0n) is 13.1. The van der Waals surface area contributed by atoms with Crippen LogP contribution in [0.25, 0.3) is 0 Å². The number of likely N-dealkylation sites (N-methyl/N-ethyl adjacent to an activating group) is 1. The molecule has 0 aliphatic carbocycles. The second-order valence-electron chi connectivity index (χ2n) is 5.61. The fourth-order valence-corrected chi connectivity index (χ4v) is 2.82. The van der Waals surface area contributed by atoms with Crippen LogP contribution in [0.3, 0.4) is 0 Å². The van der Waals surface area contributed by atoms with Crippen LogP contribution in [-0.2, 0) is 11.2 Å². The first-order valence-electron chi connectivity index (χ1n) is 7.87. The topological polar surface area (TPSA) is 41.6 Å². The molecule has 1 aromatic rings. The standard InChI is InChI=1S/C17H26N2O2/c1-3-19(13-15-8-4-5-10-18-15)17(20)12-14-7-6-9-16(11-14)21-2/h6-7,9,11,15,18H,3-5,8,10,12-13H2,1-2H3. The number of methoxy groups -OCH3 is 1. The Bertz CT molecular complexity index is 456. The normalized spacial score (nSPS) is 18.3. The molecule has 0 radical (unpaired) electrons. The van der Waals surface area contributed by atoms with E-state index in [2.05, 4.69) is 5.32 Å². The van der Waals surface area contributed by atoms with Gasteiger partial charge in [-0.1, -0.05) is 18.6 Å². The van der Waals surface area contributed by atoms with Crippen molar-refractivity contribution >= 4 is 5.91 Å². The zero-order valence-corrected chi connectivity index (χ0v) is 13.1. The molecule has 0 bridgehead atoms. The Kier molecular flexibility index (Phi) is 6.05. The first kappa shape index (κ1) is 15.8. The first-order valence-corrected chi connectivity index (χ1v) is 7.87. The predicted molar refractivity (Wildman–Crippen MR) is 84.6 cm³/mol. The minimum absolute atomic E-state index is 0.193. The van der Waals surface area contributed by atoms with Crippen molar-refractivity contribution < 1.29 is 9.53 Å². The lowest BCUT2D eigenvalue weighted by Gasteiger charge is -2.30. The van der Waals surface area contributed by atoms with Crippen molar-refractivity contribution in [3.05, 3.63) is 29.8 Å². The Labute approximate surface area is 127 Å². The largest absolute Gasteiger partial charge is 0.497 e. The van der Waals surface area contributed by atoms with Crippen LogP contribution in [0.15, 0.2) is 24.3 Å². The molecule has 0 spiro atoms. The lowest BCUT2D eigenvalue weighted by atomic mass is 10.0. The highest BCUT2D eigenvalue weighted by atomic mass is 16.5. The number of nitrogens with one attached hydrogen (secondary N) is 1. The molecular weight excluding hydrogens is 264 g/mol. The summed E-state index contributed by atoms with van der Waals surface area (Å²) in [6.07, 6.45) is 4.13. The fourth-order valence-electron chi connectivity index (χ4n) is 2.82. The van der Waals surface area contributed by atoms with Crippen molar-refractivity contribution in [1.29, 1.82) is 0 Å². The maximum Gasteiger partial charge on any atom is 0.227 e. The SMILES string of the molecule is CCN(CC1CCCCN1)C(=O)Cc1cccc(OC)c1. The van der Waals surface area contributed by atoms with E-state index in [1.165, 1.54) is 19.3 Å². The van der Waals surface area contributed by atoms with Gasteiger partial charge in [0.25, 0.3) is 0 Å². The number of benzene rings is 1. The Morgan fingerprint density at radius 1 is 1.43 bits per heavy atom. The number of hydrogen-bond donors (Lipinski definition) is 1. The van der Waals surface area contributed by atoms with Crippen LogP contribution >= 0.6 is 0 Å². The van der Waals surface area contributed by atoms with E-state index in [-0.39, 0.29) is 5.91 Å². The van der Waals surface area contributed by atoms with E-state index in [9.17, 15) is 4.79 Å². The lowest BCUT2D eigenvalue weighted by Crippen LogP contribution is -2.46. The molecule has 1 atom stereocenters. The van der Waals surface area contributed by atoms with Gasteiger partial charge < -0.3 is 15.0 Å². The molecule has 1 aliphatic heterocycles. The van der Waals surface area contributed by atoms with Crippen molar-refractivity contribution in [3.8, 4) is 5.75 Å². The fraction of sp³-hybridized carbons (Fsp3) is 0.588. The van der Waals surface area contributed by atoms with Crippen molar-refractivity contribution in [3.63, 3.8) is 0 Å². The Balaban J connectivity index is 1.92. The number of carbonyl (C=O) groups is 1. The van der Waals surface area contributed by atoms with Crippen molar-refractivity contribution in [2.75, 3.05) is 26.7 Å². The van der Waals surface area contributed by atoms with E-state index in [1.807, 2.05) is 36.1 Å². The second kappa shape index (κ2) is 8.03. The first-order chi connectivity index (χ1) is 10.2. The van der Waals surface area contributed by atoms with Crippen LogP contribution in [0, 0.1) is 0 Å². The summed E-state index contributed by atoms with van der Waals surface area (Å²) in [5.74, 6) is 0.996. The maximum absolute atomic E-state index is 12.5. The Morgan fingerprint density at radius 2 is 2.29 bits per heavy atom. The van der Waals surface area contributed by atoms with E-state index < -0.39 is 0 Å². The van der Waals surface area contributed by atoms with Gasteiger partial charge in [-0.15, -0.1) is 0 Å². The molecule has 2 rings (SSSR count). The van der Waals surface area contributed by atoms with Crippen LogP contribution in [-0.4, -0.2) is 43.6 Å². The third kappa shape index (κ3) is 4.74. The number of carbonyl (C=O) groups excluding carboxylic acids is 1. The highest BCUT2D eigenvalue weighted by Crippen LogP contribution is 2.14. The molecule has 1 N–H and O–H groups in total. The molecule has 4 nitrogen and oxygen atoms in total. The summed E-state index contributed by atoms with van der Waals surface area (Å²) in [6.45, 7) is 4.71. The van der Waals surface area contributed by atoms with Crippen molar-refractivity contribution in [1.82, 2.24) is 10.2 Å². The predicted octanol–water partition coefficient (Wildman–Crippen LogP) is 2.23.